The molecule has 0 aliphatic heterocycles. The van der Waals surface area contributed by atoms with E-state index in [-0.39, 0.29) is 12.5 Å². The van der Waals surface area contributed by atoms with Gasteiger partial charge in [0, 0.05) is 16.6 Å². The molecule has 0 saturated heterocycles. The Morgan fingerprint density at radius 3 is 2.89 bits per heavy atom. The topological polar surface area (TPSA) is 49.3 Å². The summed E-state index contributed by atoms with van der Waals surface area (Å²) >= 11 is 4.89. The van der Waals surface area contributed by atoms with Gasteiger partial charge in [0.05, 0.1) is 6.10 Å². The molecule has 0 aliphatic carbocycles. The van der Waals surface area contributed by atoms with E-state index in [1.807, 2.05) is 35.9 Å². The van der Waals surface area contributed by atoms with Gasteiger partial charge in [-0.1, -0.05) is 15.9 Å². The van der Waals surface area contributed by atoms with Crippen LogP contribution in [-0.4, -0.2) is 17.6 Å². The van der Waals surface area contributed by atoms with E-state index in [1.54, 1.807) is 6.07 Å². The first kappa shape index (κ1) is 14.2. The molecule has 1 unspecified atom stereocenters. The Morgan fingerprint density at radius 1 is 1.47 bits per heavy atom. The van der Waals surface area contributed by atoms with E-state index in [2.05, 4.69) is 21.2 Å². The molecular formula is C14H14BrNO2S. The molecule has 2 N–H and O–H groups in total. The van der Waals surface area contributed by atoms with Crippen LogP contribution < -0.4 is 5.32 Å². The van der Waals surface area contributed by atoms with Crippen LogP contribution in [0.1, 0.15) is 27.6 Å². The van der Waals surface area contributed by atoms with Crippen molar-refractivity contribution < 1.29 is 9.90 Å². The maximum Gasteiger partial charge on any atom is 0.251 e. The number of aryl methyl sites for hydroxylation is 1. The van der Waals surface area contributed by atoms with E-state index in [0.29, 0.717) is 5.56 Å². The van der Waals surface area contributed by atoms with Crippen molar-refractivity contribution in [3.8, 4) is 0 Å². The van der Waals surface area contributed by atoms with Crippen LogP contribution in [0.3, 0.4) is 0 Å². The van der Waals surface area contributed by atoms with Crippen molar-refractivity contribution in [3.63, 3.8) is 0 Å². The lowest BCUT2D eigenvalue weighted by Gasteiger charge is -2.11. The Balaban J connectivity index is 1.98. The van der Waals surface area contributed by atoms with Gasteiger partial charge in [0.25, 0.3) is 5.91 Å². The van der Waals surface area contributed by atoms with Gasteiger partial charge in [0.1, 0.15) is 0 Å². The minimum atomic E-state index is -0.663. The van der Waals surface area contributed by atoms with Gasteiger partial charge in [-0.2, -0.15) is 11.3 Å². The Bertz CT molecular complexity index is 549. The van der Waals surface area contributed by atoms with Gasteiger partial charge in [-0.25, -0.2) is 0 Å². The van der Waals surface area contributed by atoms with E-state index in [1.165, 1.54) is 11.3 Å². The highest BCUT2D eigenvalue weighted by molar-refractivity contribution is 9.10. The van der Waals surface area contributed by atoms with Gasteiger partial charge in [0.15, 0.2) is 0 Å². The van der Waals surface area contributed by atoms with Crippen molar-refractivity contribution in [1.29, 1.82) is 0 Å². The number of aliphatic hydroxyl groups is 1. The number of nitrogens with one attached hydrogen (secondary N) is 1. The van der Waals surface area contributed by atoms with Crippen molar-refractivity contribution >= 4 is 33.2 Å². The predicted octanol–water partition coefficient (Wildman–Crippen LogP) is 3.28. The summed E-state index contributed by atoms with van der Waals surface area (Å²) in [5, 5.41) is 16.4. The smallest absolute Gasteiger partial charge is 0.251 e. The van der Waals surface area contributed by atoms with E-state index >= 15 is 0 Å². The standard InChI is InChI=1S/C14H14BrNO2S/c1-9-4-11(6-12(15)5-9)14(18)16-7-13(17)10-2-3-19-8-10/h2-6,8,13,17H,7H2,1H3,(H,16,18). The molecule has 1 atom stereocenters. The van der Waals surface area contributed by atoms with Gasteiger partial charge in [-0.3, -0.25) is 4.79 Å². The maximum atomic E-state index is 12.0. The average molecular weight is 340 g/mol. The molecule has 0 bridgehead atoms. The number of benzene rings is 1. The van der Waals surface area contributed by atoms with Crippen LogP contribution >= 0.6 is 27.3 Å². The summed E-state index contributed by atoms with van der Waals surface area (Å²) in [6.07, 6.45) is -0.663. The van der Waals surface area contributed by atoms with Crippen molar-refractivity contribution in [1.82, 2.24) is 5.32 Å². The summed E-state index contributed by atoms with van der Waals surface area (Å²) in [6.45, 7) is 2.14. The van der Waals surface area contributed by atoms with E-state index in [9.17, 15) is 9.90 Å². The quantitative estimate of drug-likeness (QED) is 0.897. The highest BCUT2D eigenvalue weighted by Crippen LogP contribution is 2.17. The summed E-state index contributed by atoms with van der Waals surface area (Å²) in [6, 6.07) is 7.37. The van der Waals surface area contributed by atoms with Crippen LogP contribution in [0.4, 0.5) is 0 Å². The number of thiophene rings is 1. The fourth-order valence-corrected chi connectivity index (χ4v) is 3.06. The van der Waals surface area contributed by atoms with Crippen LogP contribution in [-0.2, 0) is 0 Å². The first-order valence-electron chi connectivity index (χ1n) is 5.82. The molecule has 3 nitrogen and oxygen atoms in total. The summed E-state index contributed by atoms with van der Waals surface area (Å²) in [5.74, 6) is -0.182. The molecule has 2 rings (SSSR count). The second-order valence-electron chi connectivity index (χ2n) is 4.30. The lowest BCUT2D eigenvalue weighted by Crippen LogP contribution is -2.28. The van der Waals surface area contributed by atoms with E-state index in [0.717, 1.165) is 15.6 Å². The lowest BCUT2D eigenvalue weighted by molar-refractivity contribution is 0.0916. The summed E-state index contributed by atoms with van der Waals surface area (Å²) in [4.78, 5) is 12.0. The third-order valence-electron chi connectivity index (χ3n) is 2.69. The van der Waals surface area contributed by atoms with Gasteiger partial charge in [0.2, 0.25) is 0 Å². The molecule has 0 aliphatic rings. The number of hydrogen-bond acceptors (Lipinski definition) is 3. The van der Waals surface area contributed by atoms with E-state index < -0.39 is 6.10 Å². The van der Waals surface area contributed by atoms with Crippen molar-refractivity contribution in [3.05, 3.63) is 56.2 Å². The van der Waals surface area contributed by atoms with Gasteiger partial charge in [-0.15, -0.1) is 0 Å². The fourth-order valence-electron chi connectivity index (χ4n) is 1.74. The molecule has 0 spiro atoms. The average Bonchev–Trinajstić information content (AvgIpc) is 2.88. The van der Waals surface area contributed by atoms with E-state index in [4.69, 9.17) is 0 Å². The van der Waals surface area contributed by atoms with Gasteiger partial charge in [-0.05, 0) is 53.1 Å². The molecule has 1 heterocycles. The minimum absolute atomic E-state index is 0.182. The number of aliphatic hydroxyl groups excluding tert-OH is 1. The minimum Gasteiger partial charge on any atom is -0.387 e. The number of carbonyl (C=O) groups excluding carboxylic acids is 1. The lowest BCUT2D eigenvalue weighted by atomic mass is 10.1. The molecule has 1 aromatic heterocycles. The first-order chi connectivity index (χ1) is 9.06. The van der Waals surface area contributed by atoms with Crippen LogP contribution in [0.25, 0.3) is 0 Å². The second-order valence-corrected chi connectivity index (χ2v) is 6.00. The SMILES string of the molecule is Cc1cc(Br)cc(C(=O)NCC(O)c2ccsc2)c1. The molecule has 1 aromatic carbocycles. The molecule has 1 amide bonds. The number of amides is 1. The van der Waals surface area contributed by atoms with Crippen LogP contribution in [0, 0.1) is 6.92 Å². The first-order valence-corrected chi connectivity index (χ1v) is 7.55. The van der Waals surface area contributed by atoms with Crippen molar-refractivity contribution in [2.24, 2.45) is 0 Å². The number of rotatable bonds is 4. The molecule has 0 radical (unpaired) electrons. The van der Waals surface area contributed by atoms with Crippen molar-refractivity contribution in [2.45, 2.75) is 13.0 Å². The zero-order valence-corrected chi connectivity index (χ0v) is 12.8. The van der Waals surface area contributed by atoms with Crippen LogP contribution in [0.5, 0.6) is 0 Å². The van der Waals surface area contributed by atoms with Crippen LogP contribution in [0.15, 0.2) is 39.5 Å². The largest absolute Gasteiger partial charge is 0.387 e. The molecule has 100 valence electrons. The Kier molecular flexibility index (Phi) is 4.74. The highest BCUT2D eigenvalue weighted by Gasteiger charge is 2.11. The zero-order chi connectivity index (χ0) is 13.8. The molecular weight excluding hydrogens is 326 g/mol. The van der Waals surface area contributed by atoms with Crippen LogP contribution in [0.2, 0.25) is 0 Å². The normalized spacial score (nSPS) is 12.2. The number of hydrogen-bond donors (Lipinski definition) is 2. The zero-order valence-electron chi connectivity index (χ0n) is 10.4. The van der Waals surface area contributed by atoms with Gasteiger partial charge >= 0.3 is 0 Å². The molecule has 0 fully saturated rings. The predicted molar refractivity (Wildman–Crippen MR) is 80.5 cm³/mol. The summed E-state index contributed by atoms with van der Waals surface area (Å²) < 4.78 is 0.871. The Hall–Kier alpha value is -1.17. The molecule has 19 heavy (non-hydrogen) atoms. The second kappa shape index (κ2) is 6.32. The third-order valence-corrected chi connectivity index (χ3v) is 3.85. The Morgan fingerprint density at radius 2 is 2.26 bits per heavy atom. The highest BCUT2D eigenvalue weighted by atomic mass is 79.9. The third kappa shape index (κ3) is 3.89. The summed E-state index contributed by atoms with van der Waals surface area (Å²) in [5.41, 5.74) is 2.43. The summed E-state index contributed by atoms with van der Waals surface area (Å²) in [7, 11) is 0. The Labute approximate surface area is 124 Å². The van der Waals surface area contributed by atoms with Gasteiger partial charge < -0.3 is 10.4 Å². The number of carbonyl (C=O) groups is 1. The fraction of sp³-hybridized carbons (Fsp3) is 0.214. The molecule has 5 heteroatoms. The monoisotopic (exact) mass is 339 g/mol. The number of halogens is 1. The molecule has 2 aromatic rings. The molecule has 0 saturated carbocycles. The van der Waals surface area contributed by atoms with Crippen molar-refractivity contribution in [2.75, 3.05) is 6.54 Å². The maximum absolute atomic E-state index is 12.0.